The van der Waals surface area contributed by atoms with E-state index in [0.29, 0.717) is 19.5 Å². The van der Waals surface area contributed by atoms with E-state index in [1.807, 2.05) is 48.4 Å². The molecule has 1 atom stereocenters. The van der Waals surface area contributed by atoms with E-state index < -0.39 is 0 Å². The van der Waals surface area contributed by atoms with Gasteiger partial charge in [0.05, 0.1) is 11.9 Å². The fraction of sp³-hybridized carbons (Fsp3) is 0.316. The zero-order valence-electron chi connectivity index (χ0n) is 14.4. The number of para-hydroxylation sites is 1. The average molecular weight is 335 g/mol. The molecule has 1 aliphatic rings. The summed E-state index contributed by atoms with van der Waals surface area (Å²) in [4.78, 5) is 23.0. The molecule has 0 radical (unpaired) electrons. The Morgan fingerprint density at radius 1 is 1.24 bits per heavy atom. The molecule has 2 aromatic heterocycles. The minimum Gasteiger partial charge on any atom is -0.311 e. The van der Waals surface area contributed by atoms with Crippen LogP contribution in [0.3, 0.4) is 0 Å². The third kappa shape index (κ3) is 3.00. The van der Waals surface area contributed by atoms with Crippen molar-refractivity contribution in [3.05, 3.63) is 59.7 Å². The van der Waals surface area contributed by atoms with Crippen molar-refractivity contribution in [1.82, 2.24) is 19.7 Å². The Hall–Kier alpha value is -2.73. The number of nitrogens with zero attached hydrogens (tertiary/aromatic N) is 4. The second-order valence-electron chi connectivity index (χ2n) is 6.55. The number of carbonyl (C=O) groups is 1. The first-order chi connectivity index (χ1) is 12.1. The predicted molar refractivity (Wildman–Crippen MR) is 96.5 cm³/mol. The van der Waals surface area contributed by atoms with Gasteiger partial charge in [0.15, 0.2) is 0 Å². The van der Waals surface area contributed by atoms with Gasteiger partial charge in [-0.1, -0.05) is 18.2 Å². The van der Waals surface area contributed by atoms with Crippen molar-refractivity contribution < 1.29 is 4.79 Å². The number of hydrogen-bond donors (Lipinski definition) is 1. The van der Waals surface area contributed by atoms with Gasteiger partial charge in [-0.15, -0.1) is 0 Å². The normalized spacial score (nSPS) is 17.6. The van der Waals surface area contributed by atoms with E-state index in [2.05, 4.69) is 32.7 Å². The number of benzene rings is 1. The Kier molecular flexibility index (Phi) is 3.97. The number of rotatable bonds is 4. The molecule has 0 saturated carbocycles. The first kappa shape index (κ1) is 15.8. The van der Waals surface area contributed by atoms with Crippen LogP contribution in [0, 0.1) is 13.8 Å². The molecule has 25 heavy (non-hydrogen) atoms. The molecular weight excluding hydrogens is 314 g/mol. The molecule has 0 aliphatic carbocycles. The summed E-state index contributed by atoms with van der Waals surface area (Å²) < 4.78 is 2.06. The minimum atomic E-state index is 0.136. The molecule has 0 spiro atoms. The first-order valence-corrected chi connectivity index (χ1v) is 8.51. The molecule has 1 aromatic carbocycles. The van der Waals surface area contributed by atoms with Crippen molar-refractivity contribution in [3.8, 4) is 0 Å². The molecule has 4 rings (SSSR count). The van der Waals surface area contributed by atoms with Gasteiger partial charge >= 0.3 is 0 Å². The topological polar surface area (TPSA) is 62.5 Å². The molecule has 6 nitrogen and oxygen atoms in total. The molecule has 1 amide bonds. The molecular formula is C19H21N5O. The van der Waals surface area contributed by atoms with Crippen molar-refractivity contribution in [3.63, 3.8) is 0 Å². The largest absolute Gasteiger partial charge is 0.311 e. The molecule has 0 bridgehead atoms. The molecule has 128 valence electrons. The van der Waals surface area contributed by atoms with Crippen LogP contribution in [0.15, 0.2) is 42.6 Å². The zero-order valence-corrected chi connectivity index (χ0v) is 14.4. The number of nitrogens with one attached hydrogen (secondary N) is 1. The van der Waals surface area contributed by atoms with Crippen LogP contribution in [0.4, 0.5) is 5.69 Å². The van der Waals surface area contributed by atoms with E-state index >= 15 is 0 Å². The first-order valence-electron chi connectivity index (χ1n) is 8.51. The van der Waals surface area contributed by atoms with Crippen molar-refractivity contribution in [1.29, 1.82) is 0 Å². The summed E-state index contributed by atoms with van der Waals surface area (Å²) in [6.07, 6.45) is 2.37. The van der Waals surface area contributed by atoms with E-state index in [9.17, 15) is 4.79 Å². The maximum Gasteiger partial charge on any atom is 0.234 e. The van der Waals surface area contributed by atoms with Crippen LogP contribution in [-0.2, 0) is 11.3 Å². The van der Waals surface area contributed by atoms with Crippen molar-refractivity contribution in [2.75, 3.05) is 11.4 Å². The monoisotopic (exact) mass is 335 g/mol. The Balaban J connectivity index is 1.47. The second kappa shape index (κ2) is 6.29. The van der Waals surface area contributed by atoms with Gasteiger partial charge in [0, 0.05) is 42.6 Å². The molecule has 6 heteroatoms. The van der Waals surface area contributed by atoms with Gasteiger partial charge in [-0.3, -0.25) is 9.20 Å². The SMILES string of the molecule is Cc1cc(C)n2c(CN[C@H]3CC(=O)N(c4ccccc4)C3)cnc2n1. The minimum absolute atomic E-state index is 0.136. The second-order valence-corrected chi connectivity index (χ2v) is 6.55. The highest BCUT2D eigenvalue weighted by Gasteiger charge is 2.30. The van der Waals surface area contributed by atoms with Crippen molar-refractivity contribution in [2.24, 2.45) is 0 Å². The molecule has 0 unspecified atom stereocenters. The van der Waals surface area contributed by atoms with E-state index in [1.165, 1.54) is 0 Å². The molecule has 3 aromatic rings. The van der Waals surface area contributed by atoms with Gasteiger partial charge in [0.25, 0.3) is 0 Å². The number of aromatic nitrogens is 3. The number of amides is 1. The number of aryl methyl sites for hydroxylation is 2. The van der Waals surface area contributed by atoms with Crippen molar-refractivity contribution in [2.45, 2.75) is 32.9 Å². The summed E-state index contributed by atoms with van der Waals surface area (Å²) >= 11 is 0. The van der Waals surface area contributed by atoms with Gasteiger partial charge in [-0.2, -0.15) is 0 Å². The van der Waals surface area contributed by atoms with Crippen LogP contribution >= 0.6 is 0 Å². The number of anilines is 1. The lowest BCUT2D eigenvalue weighted by molar-refractivity contribution is -0.117. The molecule has 1 aliphatic heterocycles. The van der Waals surface area contributed by atoms with Gasteiger partial charge in [0.1, 0.15) is 0 Å². The maximum absolute atomic E-state index is 12.3. The van der Waals surface area contributed by atoms with Gasteiger partial charge in [-0.25, -0.2) is 9.97 Å². The van der Waals surface area contributed by atoms with Gasteiger partial charge in [0.2, 0.25) is 11.7 Å². The summed E-state index contributed by atoms with van der Waals surface area (Å²) in [5.41, 5.74) is 4.10. The fourth-order valence-corrected chi connectivity index (χ4v) is 3.47. The number of fused-ring (bicyclic) bond motifs is 1. The summed E-state index contributed by atoms with van der Waals surface area (Å²) in [7, 11) is 0. The van der Waals surface area contributed by atoms with Crippen LogP contribution in [0.1, 0.15) is 23.5 Å². The van der Waals surface area contributed by atoms with Crippen LogP contribution in [0.25, 0.3) is 5.78 Å². The molecule has 3 heterocycles. The Morgan fingerprint density at radius 2 is 2.04 bits per heavy atom. The smallest absolute Gasteiger partial charge is 0.234 e. The Bertz CT molecular complexity index is 918. The number of hydrogen-bond acceptors (Lipinski definition) is 4. The highest BCUT2D eigenvalue weighted by atomic mass is 16.2. The van der Waals surface area contributed by atoms with Crippen LogP contribution in [0.5, 0.6) is 0 Å². The van der Waals surface area contributed by atoms with Gasteiger partial charge in [-0.05, 0) is 32.0 Å². The maximum atomic E-state index is 12.3. The molecule has 1 N–H and O–H groups in total. The predicted octanol–water partition coefficient (Wildman–Crippen LogP) is 2.24. The number of carbonyl (C=O) groups excluding carboxylic acids is 1. The van der Waals surface area contributed by atoms with E-state index in [4.69, 9.17) is 0 Å². The van der Waals surface area contributed by atoms with E-state index in [-0.39, 0.29) is 11.9 Å². The summed E-state index contributed by atoms with van der Waals surface area (Å²) in [6, 6.07) is 12.0. The Morgan fingerprint density at radius 3 is 2.84 bits per heavy atom. The van der Waals surface area contributed by atoms with Crippen LogP contribution in [0.2, 0.25) is 0 Å². The highest BCUT2D eigenvalue weighted by molar-refractivity contribution is 5.96. The lowest BCUT2D eigenvalue weighted by atomic mass is 10.2. The van der Waals surface area contributed by atoms with Crippen molar-refractivity contribution >= 4 is 17.4 Å². The third-order valence-corrected chi connectivity index (χ3v) is 4.63. The quantitative estimate of drug-likeness (QED) is 0.794. The molecule has 1 saturated heterocycles. The third-order valence-electron chi connectivity index (χ3n) is 4.63. The standard InChI is InChI=1S/C19H21N5O/c1-13-8-14(2)24-17(11-21-19(24)22-13)10-20-15-9-18(25)23(12-15)16-6-4-3-5-7-16/h3-8,11,15,20H,9-10,12H2,1-2H3/t15-/m0/s1. The average Bonchev–Trinajstić information content (AvgIpc) is 3.17. The van der Waals surface area contributed by atoms with E-state index in [1.54, 1.807) is 0 Å². The summed E-state index contributed by atoms with van der Waals surface area (Å²) in [5.74, 6) is 0.887. The highest BCUT2D eigenvalue weighted by Crippen LogP contribution is 2.21. The van der Waals surface area contributed by atoms with Gasteiger partial charge < -0.3 is 10.2 Å². The lowest BCUT2D eigenvalue weighted by Crippen LogP contribution is -2.32. The summed E-state index contributed by atoms with van der Waals surface area (Å²) in [6.45, 7) is 5.38. The number of imidazole rings is 1. The van der Waals surface area contributed by atoms with E-state index in [0.717, 1.165) is 28.5 Å². The summed E-state index contributed by atoms with van der Waals surface area (Å²) in [5, 5.41) is 3.50. The van der Waals surface area contributed by atoms with Crippen LogP contribution < -0.4 is 10.2 Å². The molecule has 1 fully saturated rings. The lowest BCUT2D eigenvalue weighted by Gasteiger charge is -2.17. The fourth-order valence-electron chi connectivity index (χ4n) is 3.47. The Labute approximate surface area is 146 Å². The zero-order chi connectivity index (χ0) is 17.4. The van der Waals surface area contributed by atoms with Crippen LogP contribution in [-0.4, -0.2) is 32.9 Å².